The maximum atomic E-state index is 13.4. The van der Waals surface area contributed by atoms with Crippen molar-refractivity contribution in [2.24, 2.45) is 0 Å². The van der Waals surface area contributed by atoms with Gasteiger partial charge in [0.15, 0.2) is 0 Å². The quantitative estimate of drug-likeness (QED) is 0.748. The van der Waals surface area contributed by atoms with Gasteiger partial charge in [-0.2, -0.15) is 0 Å². The monoisotopic (exact) mass is 363 g/mol. The topological polar surface area (TPSA) is 43.9 Å². The molecule has 0 unspecified atom stereocenters. The number of carbonyl (C=O) groups excluding carboxylic acids is 2. The van der Waals surface area contributed by atoms with Crippen LogP contribution in [-0.4, -0.2) is 72.3 Å². The number of hydrogen-bond acceptors (Lipinski definition) is 3. The van der Waals surface area contributed by atoms with Crippen LogP contribution in [0.3, 0.4) is 0 Å². The minimum absolute atomic E-state index is 0.142. The molecule has 0 radical (unpaired) electrons. The van der Waals surface area contributed by atoms with Crippen LogP contribution >= 0.6 is 0 Å². The Hall–Kier alpha value is -1.95. The van der Waals surface area contributed by atoms with E-state index in [0.29, 0.717) is 31.7 Å². The molecule has 0 spiro atoms. The summed E-state index contributed by atoms with van der Waals surface area (Å²) in [5.74, 6) is -0.375. The van der Waals surface area contributed by atoms with Crippen LogP contribution in [0.2, 0.25) is 0 Å². The van der Waals surface area contributed by atoms with Gasteiger partial charge in [0.05, 0.1) is 6.54 Å². The molecule has 1 aromatic carbocycles. The molecule has 0 aromatic heterocycles. The van der Waals surface area contributed by atoms with Crippen LogP contribution in [0.1, 0.15) is 43.5 Å². The molecular formula is C20H30FN3O2. The molecule has 1 aliphatic heterocycles. The fraction of sp³-hybridized carbons (Fsp3) is 0.600. The van der Waals surface area contributed by atoms with Crippen molar-refractivity contribution in [3.05, 3.63) is 35.6 Å². The lowest BCUT2D eigenvalue weighted by Crippen LogP contribution is -2.42. The molecule has 1 saturated heterocycles. The second-order valence-electron chi connectivity index (χ2n) is 6.81. The van der Waals surface area contributed by atoms with Crippen molar-refractivity contribution in [2.45, 2.75) is 33.1 Å². The molecule has 1 aliphatic rings. The van der Waals surface area contributed by atoms with Gasteiger partial charge in [-0.05, 0) is 37.5 Å². The van der Waals surface area contributed by atoms with Crippen LogP contribution in [0.15, 0.2) is 24.3 Å². The minimum Gasteiger partial charge on any atom is -0.342 e. The van der Waals surface area contributed by atoms with Crippen LogP contribution in [0.5, 0.6) is 0 Å². The summed E-state index contributed by atoms with van der Waals surface area (Å²) in [5, 5.41) is 0. The average Bonchev–Trinajstić information content (AvgIpc) is 2.86. The van der Waals surface area contributed by atoms with E-state index in [0.717, 1.165) is 38.9 Å². The first-order valence-corrected chi connectivity index (χ1v) is 9.60. The summed E-state index contributed by atoms with van der Waals surface area (Å²) in [4.78, 5) is 30.9. The summed E-state index contributed by atoms with van der Waals surface area (Å²) in [7, 11) is 0. The predicted octanol–water partition coefficient (Wildman–Crippen LogP) is 2.62. The Labute approximate surface area is 155 Å². The van der Waals surface area contributed by atoms with Gasteiger partial charge in [-0.25, -0.2) is 4.39 Å². The summed E-state index contributed by atoms with van der Waals surface area (Å²) in [6.45, 7) is 8.81. The molecule has 1 aromatic rings. The maximum absolute atomic E-state index is 13.4. The summed E-state index contributed by atoms with van der Waals surface area (Å²) in [5.41, 5.74) is 0.381. The van der Waals surface area contributed by atoms with Crippen molar-refractivity contribution < 1.29 is 14.0 Å². The summed E-state index contributed by atoms with van der Waals surface area (Å²) in [6.07, 6.45) is 2.74. The number of amides is 2. The van der Waals surface area contributed by atoms with Gasteiger partial charge in [0.2, 0.25) is 5.91 Å². The molecule has 26 heavy (non-hydrogen) atoms. The summed E-state index contributed by atoms with van der Waals surface area (Å²) >= 11 is 0. The fourth-order valence-electron chi connectivity index (χ4n) is 3.33. The molecule has 144 valence electrons. The second kappa shape index (κ2) is 10.3. The van der Waals surface area contributed by atoms with E-state index >= 15 is 0 Å². The fourth-order valence-corrected chi connectivity index (χ4v) is 3.33. The normalized spacial score (nSPS) is 15.6. The molecule has 2 rings (SSSR count). The average molecular weight is 363 g/mol. The van der Waals surface area contributed by atoms with E-state index < -0.39 is 5.82 Å². The number of carbonyl (C=O) groups is 2. The Bertz CT molecular complexity index is 602. The van der Waals surface area contributed by atoms with Gasteiger partial charge < -0.3 is 9.80 Å². The summed E-state index contributed by atoms with van der Waals surface area (Å²) < 4.78 is 13.4. The van der Waals surface area contributed by atoms with E-state index in [1.807, 2.05) is 4.90 Å². The number of halogens is 1. The highest BCUT2D eigenvalue weighted by atomic mass is 19.1. The molecule has 0 saturated carbocycles. The van der Waals surface area contributed by atoms with Crippen molar-refractivity contribution in [2.75, 3.05) is 45.8 Å². The molecular weight excluding hydrogens is 333 g/mol. The van der Waals surface area contributed by atoms with Gasteiger partial charge in [-0.15, -0.1) is 0 Å². The third kappa shape index (κ3) is 5.80. The Kier molecular flexibility index (Phi) is 8.04. The zero-order valence-corrected chi connectivity index (χ0v) is 15.9. The van der Waals surface area contributed by atoms with E-state index in [2.05, 4.69) is 18.7 Å². The number of hydrogen-bond donors (Lipinski definition) is 0. The second-order valence-corrected chi connectivity index (χ2v) is 6.81. The van der Waals surface area contributed by atoms with Crippen LogP contribution in [0.25, 0.3) is 0 Å². The highest BCUT2D eigenvalue weighted by Gasteiger charge is 2.23. The molecule has 2 amide bonds. The largest absolute Gasteiger partial charge is 0.342 e. The van der Waals surface area contributed by atoms with E-state index in [1.165, 1.54) is 12.1 Å². The highest BCUT2D eigenvalue weighted by Crippen LogP contribution is 2.11. The lowest BCUT2D eigenvalue weighted by Gasteiger charge is -2.26. The van der Waals surface area contributed by atoms with Gasteiger partial charge in [0.1, 0.15) is 5.82 Å². The molecule has 1 fully saturated rings. The van der Waals surface area contributed by atoms with Crippen molar-refractivity contribution in [1.82, 2.24) is 14.7 Å². The van der Waals surface area contributed by atoms with Gasteiger partial charge in [-0.3, -0.25) is 14.5 Å². The first-order valence-electron chi connectivity index (χ1n) is 9.60. The van der Waals surface area contributed by atoms with Gasteiger partial charge >= 0.3 is 0 Å². The van der Waals surface area contributed by atoms with Gasteiger partial charge in [0.25, 0.3) is 5.91 Å². The van der Waals surface area contributed by atoms with Crippen molar-refractivity contribution >= 4 is 11.8 Å². The highest BCUT2D eigenvalue weighted by molar-refractivity contribution is 5.94. The molecule has 0 bridgehead atoms. The maximum Gasteiger partial charge on any atom is 0.254 e. The molecule has 5 nitrogen and oxygen atoms in total. The standard InChI is InChI=1S/C20H30FN3O2/c1-3-9-23(10-4-2)19(25)16-22-11-6-12-24(14-13-22)20(26)17-7-5-8-18(21)15-17/h5,7-8,15H,3-4,6,9-14,16H2,1-2H3. The van der Waals surface area contributed by atoms with E-state index in [9.17, 15) is 14.0 Å². The minimum atomic E-state index is -0.398. The molecule has 1 heterocycles. The van der Waals surface area contributed by atoms with Crippen LogP contribution in [0.4, 0.5) is 4.39 Å². The lowest BCUT2D eigenvalue weighted by molar-refractivity contribution is -0.132. The van der Waals surface area contributed by atoms with E-state index in [4.69, 9.17) is 0 Å². The molecule has 6 heteroatoms. The number of rotatable bonds is 7. The molecule has 0 aliphatic carbocycles. The Morgan fingerprint density at radius 1 is 1.08 bits per heavy atom. The predicted molar refractivity (Wildman–Crippen MR) is 101 cm³/mol. The van der Waals surface area contributed by atoms with Crippen LogP contribution in [0, 0.1) is 5.82 Å². The van der Waals surface area contributed by atoms with E-state index in [1.54, 1.807) is 17.0 Å². The van der Waals surface area contributed by atoms with Gasteiger partial charge in [0, 0.05) is 44.8 Å². The zero-order chi connectivity index (χ0) is 18.9. The third-order valence-corrected chi connectivity index (χ3v) is 4.65. The Balaban J connectivity index is 1.91. The van der Waals surface area contributed by atoms with Crippen molar-refractivity contribution in [1.29, 1.82) is 0 Å². The summed E-state index contributed by atoms with van der Waals surface area (Å²) in [6, 6.07) is 5.82. The zero-order valence-electron chi connectivity index (χ0n) is 15.9. The smallest absolute Gasteiger partial charge is 0.254 e. The number of benzene rings is 1. The lowest BCUT2D eigenvalue weighted by atomic mass is 10.2. The Morgan fingerprint density at radius 2 is 1.81 bits per heavy atom. The molecule has 0 atom stereocenters. The third-order valence-electron chi connectivity index (χ3n) is 4.65. The Morgan fingerprint density at radius 3 is 2.46 bits per heavy atom. The van der Waals surface area contributed by atoms with Crippen LogP contribution < -0.4 is 0 Å². The van der Waals surface area contributed by atoms with Gasteiger partial charge in [-0.1, -0.05) is 19.9 Å². The number of nitrogens with zero attached hydrogens (tertiary/aromatic N) is 3. The molecule has 0 N–H and O–H groups in total. The SMILES string of the molecule is CCCN(CCC)C(=O)CN1CCCN(C(=O)c2cccc(F)c2)CC1. The van der Waals surface area contributed by atoms with Crippen LogP contribution in [-0.2, 0) is 4.79 Å². The first-order chi connectivity index (χ1) is 12.5. The first kappa shape index (κ1) is 20.4. The van der Waals surface area contributed by atoms with E-state index in [-0.39, 0.29) is 11.8 Å². The van der Waals surface area contributed by atoms with Crippen molar-refractivity contribution in [3.8, 4) is 0 Å². The van der Waals surface area contributed by atoms with Crippen molar-refractivity contribution in [3.63, 3.8) is 0 Å².